The van der Waals surface area contributed by atoms with E-state index in [0.29, 0.717) is 12.3 Å². The molecule has 1 amide bonds. The molecule has 0 unspecified atom stereocenters. The van der Waals surface area contributed by atoms with Crippen LogP contribution in [0.4, 0.5) is 11.4 Å². The van der Waals surface area contributed by atoms with Crippen molar-refractivity contribution in [2.24, 2.45) is 0 Å². The molecule has 0 spiro atoms. The molecule has 0 fully saturated rings. The third kappa shape index (κ3) is 3.71. The highest BCUT2D eigenvalue weighted by Crippen LogP contribution is 2.47. The number of carbonyl (C=O) groups is 1. The van der Waals surface area contributed by atoms with Crippen molar-refractivity contribution in [3.05, 3.63) is 64.6 Å². The van der Waals surface area contributed by atoms with E-state index in [1.165, 1.54) is 16.8 Å². The van der Waals surface area contributed by atoms with Crippen LogP contribution in [-0.4, -0.2) is 17.4 Å². The van der Waals surface area contributed by atoms with Crippen molar-refractivity contribution >= 4 is 75.3 Å². The Bertz CT molecular complexity index is 935. The molecule has 2 aromatic rings. The first-order chi connectivity index (χ1) is 12.7. The molecule has 0 saturated heterocycles. The summed E-state index contributed by atoms with van der Waals surface area (Å²) in [4.78, 5) is 23.3. The van der Waals surface area contributed by atoms with Crippen molar-refractivity contribution in [2.45, 2.75) is 19.3 Å². The van der Waals surface area contributed by atoms with Crippen molar-refractivity contribution in [1.82, 2.24) is 0 Å². The predicted molar refractivity (Wildman–Crippen MR) is 109 cm³/mol. The maximum atomic E-state index is 11.5. The molecule has 27 heavy (non-hydrogen) atoms. The van der Waals surface area contributed by atoms with Gasteiger partial charge in [0.15, 0.2) is 0 Å². The summed E-state index contributed by atoms with van der Waals surface area (Å²) in [5.41, 5.74) is 3.38. The van der Waals surface area contributed by atoms with E-state index in [0.717, 1.165) is 19.4 Å². The van der Waals surface area contributed by atoms with Crippen LogP contribution in [0.3, 0.4) is 0 Å². The Balaban J connectivity index is 0.000000156. The molecule has 2 aliphatic rings. The van der Waals surface area contributed by atoms with Gasteiger partial charge in [0.1, 0.15) is 10.0 Å². The number of halogens is 5. The lowest BCUT2D eigenvalue weighted by molar-refractivity contribution is -0.384. The highest BCUT2D eigenvalue weighted by atomic mass is 35.5. The fourth-order valence-electron chi connectivity index (χ4n) is 3.12. The standard InChI is InChI=1S/C11H11NO.C6Cl5NO2/c13-10-5-4-8-2-1-3-9-6-7-12(10)11(8)9;7-1-2(8)4(10)6(12(13)14)5(11)3(1)9/h1-3H,4-7H2;. The van der Waals surface area contributed by atoms with Gasteiger partial charge >= 0.3 is 5.69 Å². The minimum absolute atomic E-state index is 0.103. The van der Waals surface area contributed by atoms with Crippen LogP contribution < -0.4 is 4.90 Å². The summed E-state index contributed by atoms with van der Waals surface area (Å²) in [5, 5.41) is 9.41. The molecule has 2 aromatic carbocycles. The van der Waals surface area contributed by atoms with Gasteiger partial charge in [-0.1, -0.05) is 76.2 Å². The first-order valence-electron chi connectivity index (χ1n) is 7.81. The van der Waals surface area contributed by atoms with Crippen LogP contribution in [0.2, 0.25) is 25.1 Å². The smallest absolute Gasteiger partial charge is 0.309 e. The van der Waals surface area contributed by atoms with Gasteiger partial charge in [-0.2, -0.15) is 0 Å². The first kappa shape index (κ1) is 20.5. The second kappa shape index (κ2) is 8.02. The molecule has 10 heteroatoms. The third-order valence-electron chi connectivity index (χ3n) is 4.36. The highest BCUT2D eigenvalue weighted by molar-refractivity contribution is 6.56. The first-order valence-corrected chi connectivity index (χ1v) is 9.70. The SMILES string of the molecule is O=C1CCc2cccc3c2N1CC3.O=[N+]([O-])c1c(Cl)c(Cl)c(Cl)c(Cl)c1Cl. The number of rotatable bonds is 1. The molecular weight excluding hydrogens is 457 g/mol. The molecule has 0 saturated carbocycles. The van der Waals surface area contributed by atoms with Gasteiger partial charge in [-0.05, 0) is 24.0 Å². The van der Waals surface area contributed by atoms with Crippen molar-refractivity contribution in [2.75, 3.05) is 11.4 Å². The van der Waals surface area contributed by atoms with Crippen molar-refractivity contribution in [3.8, 4) is 0 Å². The van der Waals surface area contributed by atoms with Gasteiger partial charge in [0.05, 0.1) is 25.7 Å². The minimum atomic E-state index is -0.779. The van der Waals surface area contributed by atoms with E-state index in [9.17, 15) is 14.9 Å². The van der Waals surface area contributed by atoms with E-state index in [4.69, 9.17) is 58.0 Å². The Morgan fingerprint density at radius 3 is 1.93 bits per heavy atom. The van der Waals surface area contributed by atoms with Crippen LogP contribution in [0, 0.1) is 10.1 Å². The molecule has 2 aliphatic heterocycles. The van der Waals surface area contributed by atoms with Crippen LogP contribution in [0.1, 0.15) is 17.5 Å². The summed E-state index contributed by atoms with van der Waals surface area (Å²) >= 11 is 27.9. The molecule has 0 aliphatic carbocycles. The second-order valence-electron chi connectivity index (χ2n) is 5.90. The van der Waals surface area contributed by atoms with Crippen LogP contribution in [-0.2, 0) is 17.6 Å². The van der Waals surface area contributed by atoms with E-state index in [2.05, 4.69) is 18.2 Å². The topological polar surface area (TPSA) is 63.5 Å². The minimum Gasteiger partial charge on any atom is -0.312 e. The summed E-state index contributed by atoms with van der Waals surface area (Å²) in [6.45, 7) is 0.894. The Kier molecular flexibility index (Phi) is 6.08. The maximum absolute atomic E-state index is 11.5. The number of nitro groups is 1. The zero-order valence-electron chi connectivity index (χ0n) is 13.6. The van der Waals surface area contributed by atoms with E-state index in [-0.39, 0.29) is 25.1 Å². The van der Waals surface area contributed by atoms with E-state index in [1.807, 2.05) is 4.90 Å². The van der Waals surface area contributed by atoms with Crippen molar-refractivity contribution in [1.29, 1.82) is 0 Å². The second-order valence-corrected chi connectivity index (χ2v) is 7.79. The van der Waals surface area contributed by atoms with Gasteiger partial charge in [0.2, 0.25) is 5.91 Å². The van der Waals surface area contributed by atoms with Gasteiger partial charge in [0.25, 0.3) is 0 Å². The quantitative estimate of drug-likeness (QED) is 0.211. The zero-order chi connectivity index (χ0) is 19.9. The van der Waals surface area contributed by atoms with Gasteiger partial charge in [-0.15, -0.1) is 0 Å². The average Bonchev–Trinajstić information content (AvgIpc) is 3.08. The molecule has 4 rings (SSSR count). The van der Waals surface area contributed by atoms with Gasteiger partial charge in [0, 0.05) is 13.0 Å². The monoisotopic (exact) mass is 466 g/mol. The maximum Gasteiger partial charge on any atom is 0.309 e. The summed E-state index contributed by atoms with van der Waals surface area (Å²) in [7, 11) is 0. The molecule has 0 radical (unpaired) electrons. The Hall–Kier alpha value is -1.24. The number of benzene rings is 2. The van der Waals surface area contributed by atoms with Gasteiger partial charge in [-0.25, -0.2) is 0 Å². The summed E-state index contributed by atoms with van der Waals surface area (Å²) in [5.74, 6) is 0.303. The largest absolute Gasteiger partial charge is 0.312 e. The number of nitro benzene ring substituents is 1. The molecule has 0 bridgehead atoms. The highest BCUT2D eigenvalue weighted by Gasteiger charge is 2.30. The number of hydrogen-bond donors (Lipinski definition) is 0. The number of anilines is 1. The van der Waals surface area contributed by atoms with E-state index >= 15 is 0 Å². The number of carbonyl (C=O) groups excluding carboxylic acids is 1. The Labute approximate surface area is 179 Å². The Morgan fingerprint density at radius 2 is 1.37 bits per heavy atom. The molecule has 5 nitrogen and oxygen atoms in total. The molecular formula is C17H11Cl5N2O3. The zero-order valence-corrected chi connectivity index (χ0v) is 17.3. The predicted octanol–water partition coefficient (Wildman–Crippen LogP) is 6.38. The summed E-state index contributed by atoms with van der Waals surface area (Å²) in [6, 6.07) is 6.38. The molecule has 0 N–H and O–H groups in total. The fraction of sp³-hybridized carbons (Fsp3) is 0.235. The lowest BCUT2D eigenvalue weighted by Gasteiger charge is -2.24. The lowest BCUT2D eigenvalue weighted by atomic mass is 10.00. The number of nitrogens with zero attached hydrogens (tertiary/aromatic N) is 2. The molecule has 0 aromatic heterocycles. The molecule has 2 heterocycles. The lowest BCUT2D eigenvalue weighted by Crippen LogP contribution is -2.32. The van der Waals surface area contributed by atoms with E-state index in [1.54, 1.807) is 0 Å². The van der Waals surface area contributed by atoms with Crippen molar-refractivity contribution < 1.29 is 9.72 Å². The number of amides is 1. The fourth-order valence-corrected chi connectivity index (χ4v) is 4.38. The normalized spacial score (nSPS) is 14.6. The van der Waals surface area contributed by atoms with Crippen LogP contribution in [0.15, 0.2) is 18.2 Å². The molecule has 142 valence electrons. The van der Waals surface area contributed by atoms with E-state index < -0.39 is 10.6 Å². The third-order valence-corrected chi connectivity index (χ3v) is 6.61. The number of aryl methyl sites for hydroxylation is 1. The summed E-state index contributed by atoms with van der Waals surface area (Å²) in [6.07, 6.45) is 2.66. The van der Waals surface area contributed by atoms with Crippen molar-refractivity contribution in [3.63, 3.8) is 0 Å². The van der Waals surface area contributed by atoms with Crippen LogP contribution in [0.25, 0.3) is 0 Å². The average molecular weight is 469 g/mol. The van der Waals surface area contributed by atoms with Crippen LogP contribution >= 0.6 is 58.0 Å². The number of para-hydroxylation sites is 1. The number of hydrogen-bond acceptors (Lipinski definition) is 3. The summed E-state index contributed by atoms with van der Waals surface area (Å²) < 4.78 is 0. The van der Waals surface area contributed by atoms with Gasteiger partial charge in [-0.3, -0.25) is 14.9 Å². The van der Waals surface area contributed by atoms with Gasteiger partial charge < -0.3 is 4.90 Å². The van der Waals surface area contributed by atoms with Crippen LogP contribution in [0.5, 0.6) is 0 Å². The molecule has 0 atom stereocenters. The Morgan fingerprint density at radius 1 is 0.852 bits per heavy atom.